The van der Waals surface area contributed by atoms with Crippen LogP contribution in [0.4, 0.5) is 4.79 Å². The Balaban J connectivity index is 2.34. The molecule has 0 fully saturated rings. The minimum absolute atomic E-state index is 0.149. The number of ether oxygens (including phenoxy) is 1. The van der Waals surface area contributed by atoms with Crippen LogP contribution >= 0.6 is 0 Å². The summed E-state index contributed by atoms with van der Waals surface area (Å²) in [4.78, 5) is 22.7. The Labute approximate surface area is 107 Å². The summed E-state index contributed by atoms with van der Waals surface area (Å²) in [6.07, 6.45) is 0.848. The first kappa shape index (κ1) is 14.0. The molecule has 2 N–H and O–H groups in total. The maximum absolute atomic E-state index is 11.5. The molecule has 0 aliphatic carbocycles. The Morgan fingerprint density at radius 3 is 2.61 bits per heavy atom. The number of hydrogen-bond donors (Lipinski definition) is 2. The highest BCUT2D eigenvalue weighted by Crippen LogP contribution is 2.15. The lowest BCUT2D eigenvalue weighted by Crippen LogP contribution is -2.39. The van der Waals surface area contributed by atoms with E-state index in [4.69, 9.17) is 4.74 Å². The van der Waals surface area contributed by atoms with Gasteiger partial charge in [0.15, 0.2) is 0 Å². The van der Waals surface area contributed by atoms with Gasteiger partial charge in [-0.15, -0.1) is 0 Å². The fraction of sp³-hybridized carbons (Fsp3) is 0.385. The van der Waals surface area contributed by atoms with Gasteiger partial charge in [-0.05, 0) is 25.0 Å². The number of amides is 2. The molecule has 1 aromatic rings. The lowest BCUT2D eigenvalue weighted by atomic mass is 10.2. The largest absolute Gasteiger partial charge is 0.425 e. The minimum Gasteiger partial charge on any atom is -0.425 e. The predicted octanol–water partition coefficient (Wildman–Crippen LogP) is 1.61. The highest BCUT2D eigenvalue weighted by molar-refractivity contribution is 5.81. The summed E-state index contributed by atoms with van der Waals surface area (Å²) in [7, 11) is 0. The maximum atomic E-state index is 11.5. The molecule has 0 saturated heterocycles. The van der Waals surface area contributed by atoms with Gasteiger partial charge in [-0.1, -0.05) is 25.1 Å². The summed E-state index contributed by atoms with van der Waals surface area (Å²) >= 11 is 0. The second-order valence-corrected chi connectivity index (χ2v) is 3.85. The van der Waals surface area contributed by atoms with Gasteiger partial charge in [0.25, 0.3) is 0 Å². The SMILES string of the molecule is CCCNC(=O)NCC(=O)Oc1ccccc1C. The lowest BCUT2D eigenvalue weighted by molar-refractivity contribution is -0.133. The average Bonchev–Trinajstić information content (AvgIpc) is 2.36. The molecule has 0 saturated carbocycles. The van der Waals surface area contributed by atoms with Crippen LogP contribution in [0.3, 0.4) is 0 Å². The van der Waals surface area contributed by atoms with E-state index in [1.54, 1.807) is 12.1 Å². The molecule has 0 unspecified atom stereocenters. The molecule has 0 radical (unpaired) electrons. The molecule has 0 aliphatic rings. The highest BCUT2D eigenvalue weighted by atomic mass is 16.5. The van der Waals surface area contributed by atoms with Crippen molar-refractivity contribution < 1.29 is 14.3 Å². The third-order valence-corrected chi connectivity index (χ3v) is 2.25. The molecule has 2 amide bonds. The number of urea groups is 1. The Morgan fingerprint density at radius 1 is 1.22 bits per heavy atom. The van der Waals surface area contributed by atoms with Gasteiger partial charge in [-0.2, -0.15) is 0 Å². The molecule has 0 spiro atoms. The normalized spacial score (nSPS) is 9.67. The Kier molecular flexibility index (Phi) is 5.70. The van der Waals surface area contributed by atoms with Gasteiger partial charge in [0, 0.05) is 6.54 Å². The Morgan fingerprint density at radius 2 is 1.94 bits per heavy atom. The number of esters is 1. The molecule has 18 heavy (non-hydrogen) atoms. The van der Waals surface area contributed by atoms with Gasteiger partial charge in [-0.3, -0.25) is 0 Å². The zero-order valence-corrected chi connectivity index (χ0v) is 10.7. The molecule has 0 heterocycles. The van der Waals surface area contributed by atoms with Crippen molar-refractivity contribution in [3.8, 4) is 5.75 Å². The maximum Gasteiger partial charge on any atom is 0.330 e. The third-order valence-electron chi connectivity index (χ3n) is 2.25. The number of para-hydroxylation sites is 1. The van der Waals surface area contributed by atoms with E-state index in [9.17, 15) is 9.59 Å². The number of nitrogens with one attached hydrogen (secondary N) is 2. The van der Waals surface area contributed by atoms with Crippen LogP contribution in [0, 0.1) is 6.92 Å². The summed E-state index contributed by atoms with van der Waals surface area (Å²) < 4.78 is 5.12. The van der Waals surface area contributed by atoms with Gasteiger partial charge >= 0.3 is 12.0 Å². The summed E-state index contributed by atoms with van der Waals surface area (Å²) in [5, 5.41) is 5.04. The fourth-order valence-corrected chi connectivity index (χ4v) is 1.28. The van der Waals surface area contributed by atoms with E-state index in [0.717, 1.165) is 12.0 Å². The zero-order chi connectivity index (χ0) is 13.4. The summed E-state index contributed by atoms with van der Waals surface area (Å²) in [5.74, 6) is 0.0224. The number of carbonyl (C=O) groups is 2. The van der Waals surface area contributed by atoms with Crippen molar-refractivity contribution in [2.75, 3.05) is 13.1 Å². The minimum atomic E-state index is -0.490. The van der Waals surface area contributed by atoms with Crippen LogP contribution in [0.5, 0.6) is 5.75 Å². The molecular weight excluding hydrogens is 232 g/mol. The molecule has 5 heteroatoms. The van der Waals surface area contributed by atoms with E-state index in [1.165, 1.54) is 0 Å². The smallest absolute Gasteiger partial charge is 0.330 e. The third kappa shape index (κ3) is 4.86. The van der Waals surface area contributed by atoms with Crippen LogP contribution in [0.1, 0.15) is 18.9 Å². The van der Waals surface area contributed by atoms with Crippen LogP contribution in [0.2, 0.25) is 0 Å². The molecule has 1 rings (SSSR count). The van der Waals surface area contributed by atoms with Crippen molar-refractivity contribution in [2.24, 2.45) is 0 Å². The average molecular weight is 250 g/mol. The quantitative estimate of drug-likeness (QED) is 0.616. The van der Waals surface area contributed by atoms with E-state index < -0.39 is 5.97 Å². The second kappa shape index (κ2) is 7.32. The summed E-state index contributed by atoms with van der Waals surface area (Å²) in [6.45, 7) is 4.24. The van der Waals surface area contributed by atoms with Crippen molar-refractivity contribution in [1.82, 2.24) is 10.6 Å². The Bertz CT molecular complexity index is 418. The van der Waals surface area contributed by atoms with Gasteiger partial charge in [0.1, 0.15) is 12.3 Å². The van der Waals surface area contributed by atoms with Crippen molar-refractivity contribution in [2.45, 2.75) is 20.3 Å². The number of benzene rings is 1. The second-order valence-electron chi connectivity index (χ2n) is 3.85. The van der Waals surface area contributed by atoms with Crippen LogP contribution in [-0.2, 0) is 4.79 Å². The number of carbonyl (C=O) groups excluding carboxylic acids is 2. The van der Waals surface area contributed by atoms with Crippen molar-refractivity contribution >= 4 is 12.0 Å². The highest BCUT2D eigenvalue weighted by Gasteiger charge is 2.08. The van der Waals surface area contributed by atoms with E-state index in [1.807, 2.05) is 26.0 Å². The van der Waals surface area contributed by atoms with Crippen molar-refractivity contribution in [3.63, 3.8) is 0 Å². The summed E-state index contributed by atoms with van der Waals surface area (Å²) in [5.41, 5.74) is 0.876. The molecule has 0 bridgehead atoms. The van der Waals surface area contributed by atoms with Crippen LogP contribution in [0.25, 0.3) is 0 Å². The molecule has 0 atom stereocenters. The summed E-state index contributed by atoms with van der Waals surface area (Å²) in [6, 6.07) is 6.85. The van der Waals surface area contributed by atoms with E-state index in [0.29, 0.717) is 12.3 Å². The fourth-order valence-electron chi connectivity index (χ4n) is 1.28. The number of hydrogen-bond acceptors (Lipinski definition) is 3. The monoisotopic (exact) mass is 250 g/mol. The standard InChI is InChI=1S/C13H18N2O3/c1-3-8-14-13(17)15-9-12(16)18-11-7-5-4-6-10(11)2/h4-7H,3,8-9H2,1-2H3,(H2,14,15,17). The topological polar surface area (TPSA) is 67.4 Å². The van der Waals surface area contributed by atoms with Crippen molar-refractivity contribution in [3.05, 3.63) is 29.8 Å². The van der Waals surface area contributed by atoms with Crippen LogP contribution < -0.4 is 15.4 Å². The predicted molar refractivity (Wildman–Crippen MR) is 68.5 cm³/mol. The first-order valence-electron chi connectivity index (χ1n) is 5.91. The van der Waals surface area contributed by atoms with Gasteiger partial charge in [0.05, 0.1) is 0 Å². The van der Waals surface area contributed by atoms with E-state index in [-0.39, 0.29) is 12.6 Å². The molecule has 1 aromatic carbocycles. The molecule has 0 aliphatic heterocycles. The first-order chi connectivity index (χ1) is 8.63. The number of rotatable bonds is 5. The lowest BCUT2D eigenvalue weighted by Gasteiger charge is -2.08. The number of aryl methyl sites for hydroxylation is 1. The zero-order valence-electron chi connectivity index (χ0n) is 10.7. The van der Waals surface area contributed by atoms with E-state index in [2.05, 4.69) is 10.6 Å². The molecule has 98 valence electrons. The molecule has 5 nitrogen and oxygen atoms in total. The van der Waals surface area contributed by atoms with Gasteiger partial charge in [-0.25, -0.2) is 9.59 Å². The first-order valence-corrected chi connectivity index (χ1v) is 5.91. The molecule has 0 aromatic heterocycles. The van der Waals surface area contributed by atoms with Crippen molar-refractivity contribution in [1.29, 1.82) is 0 Å². The Hall–Kier alpha value is -2.04. The van der Waals surface area contributed by atoms with Crippen LogP contribution in [-0.4, -0.2) is 25.1 Å². The van der Waals surface area contributed by atoms with E-state index >= 15 is 0 Å². The van der Waals surface area contributed by atoms with Gasteiger partial charge < -0.3 is 15.4 Å². The molecular formula is C13H18N2O3. The van der Waals surface area contributed by atoms with Crippen LogP contribution in [0.15, 0.2) is 24.3 Å². The van der Waals surface area contributed by atoms with Gasteiger partial charge in [0.2, 0.25) is 0 Å².